The van der Waals surface area contributed by atoms with Crippen molar-refractivity contribution >= 4 is 15.7 Å². The van der Waals surface area contributed by atoms with Crippen LogP contribution in [0.4, 0.5) is 5.69 Å². The number of para-hydroxylation sites is 2. The summed E-state index contributed by atoms with van der Waals surface area (Å²) in [7, 11) is -3.71. The number of anilines is 1. The maximum atomic E-state index is 13.7. The zero-order valence-corrected chi connectivity index (χ0v) is 18.4. The highest BCUT2D eigenvalue weighted by Crippen LogP contribution is 2.30. The Morgan fingerprint density at radius 3 is 1.78 bits per heavy atom. The van der Waals surface area contributed by atoms with Gasteiger partial charge in [0, 0.05) is 37.4 Å². The predicted octanol–water partition coefficient (Wildman–Crippen LogP) is 4.05. The minimum absolute atomic E-state index is 0.237. The van der Waals surface area contributed by atoms with Crippen molar-refractivity contribution in [2.24, 2.45) is 0 Å². The lowest BCUT2D eigenvalue weighted by Crippen LogP contribution is -2.48. The monoisotopic (exact) mass is 444 g/mol. The minimum atomic E-state index is -3.71. The van der Waals surface area contributed by atoms with Crippen LogP contribution in [0, 0.1) is 0 Å². The van der Waals surface area contributed by atoms with E-state index in [2.05, 4.69) is 22.1 Å². The summed E-state index contributed by atoms with van der Waals surface area (Å²) >= 11 is 0. The fourth-order valence-corrected chi connectivity index (χ4v) is 5.58. The SMILES string of the molecule is O=S(=O)(c1cn(-c2ccccc2)nc1-c1ccccc1)N1CCN(c2ccccc2)CC1. The summed E-state index contributed by atoms with van der Waals surface area (Å²) in [5, 5.41) is 4.67. The van der Waals surface area contributed by atoms with Crippen molar-refractivity contribution in [3.8, 4) is 16.9 Å². The van der Waals surface area contributed by atoms with Crippen molar-refractivity contribution in [1.29, 1.82) is 0 Å². The van der Waals surface area contributed by atoms with Gasteiger partial charge in [-0.15, -0.1) is 0 Å². The molecular weight excluding hydrogens is 420 g/mol. The fraction of sp³-hybridized carbons (Fsp3) is 0.160. The molecule has 5 rings (SSSR count). The number of hydrogen-bond donors (Lipinski definition) is 0. The molecule has 0 amide bonds. The lowest BCUT2D eigenvalue weighted by molar-refractivity contribution is 0.385. The third-order valence-corrected chi connectivity index (χ3v) is 7.63. The Morgan fingerprint density at radius 1 is 0.656 bits per heavy atom. The third-order valence-electron chi connectivity index (χ3n) is 5.73. The number of rotatable bonds is 5. The molecule has 2 heterocycles. The van der Waals surface area contributed by atoms with Gasteiger partial charge in [-0.3, -0.25) is 0 Å². The van der Waals surface area contributed by atoms with Gasteiger partial charge in [-0.05, 0) is 24.3 Å². The van der Waals surface area contributed by atoms with Crippen LogP contribution in [0.15, 0.2) is 102 Å². The van der Waals surface area contributed by atoms with Crippen molar-refractivity contribution in [3.05, 3.63) is 97.2 Å². The zero-order chi connectivity index (χ0) is 22.0. The Kier molecular flexibility index (Phi) is 5.51. The summed E-state index contributed by atoms with van der Waals surface area (Å²) in [6.45, 7) is 2.16. The first-order valence-electron chi connectivity index (χ1n) is 10.6. The largest absolute Gasteiger partial charge is 0.369 e. The molecule has 3 aromatic carbocycles. The average Bonchev–Trinajstić information content (AvgIpc) is 3.32. The molecule has 0 unspecified atom stereocenters. The van der Waals surface area contributed by atoms with E-state index in [1.165, 1.54) is 0 Å². The number of aromatic nitrogens is 2. The molecule has 1 aliphatic heterocycles. The van der Waals surface area contributed by atoms with Gasteiger partial charge in [0.1, 0.15) is 10.6 Å². The zero-order valence-electron chi connectivity index (χ0n) is 17.6. The number of nitrogens with zero attached hydrogens (tertiary/aromatic N) is 4. The Bertz CT molecular complexity index is 1280. The van der Waals surface area contributed by atoms with Crippen LogP contribution < -0.4 is 4.90 Å². The first-order valence-corrected chi connectivity index (χ1v) is 12.1. The van der Waals surface area contributed by atoms with Crippen molar-refractivity contribution in [3.63, 3.8) is 0 Å². The molecule has 4 aromatic rings. The topological polar surface area (TPSA) is 58.4 Å². The smallest absolute Gasteiger partial charge is 0.246 e. The number of hydrogen-bond acceptors (Lipinski definition) is 4. The molecule has 0 bridgehead atoms. The van der Waals surface area contributed by atoms with Crippen LogP contribution in [0.25, 0.3) is 16.9 Å². The normalized spacial score (nSPS) is 15.1. The lowest BCUT2D eigenvalue weighted by Gasteiger charge is -2.35. The highest BCUT2D eigenvalue weighted by atomic mass is 32.2. The van der Waals surface area contributed by atoms with Crippen LogP contribution in [-0.4, -0.2) is 48.7 Å². The van der Waals surface area contributed by atoms with E-state index in [0.717, 1.165) is 16.9 Å². The van der Waals surface area contributed by atoms with Gasteiger partial charge < -0.3 is 4.90 Å². The van der Waals surface area contributed by atoms with E-state index in [-0.39, 0.29) is 4.90 Å². The molecule has 0 radical (unpaired) electrons. The van der Waals surface area contributed by atoms with Gasteiger partial charge in [0.2, 0.25) is 10.0 Å². The molecule has 0 spiro atoms. The molecule has 1 aromatic heterocycles. The second-order valence-electron chi connectivity index (χ2n) is 7.71. The van der Waals surface area contributed by atoms with Crippen LogP contribution in [0.5, 0.6) is 0 Å². The van der Waals surface area contributed by atoms with E-state index in [0.29, 0.717) is 31.9 Å². The number of benzene rings is 3. The summed E-state index contributed by atoms with van der Waals surface area (Å²) in [5.41, 5.74) is 3.19. The third kappa shape index (κ3) is 3.92. The van der Waals surface area contributed by atoms with E-state index in [4.69, 9.17) is 0 Å². The molecule has 0 saturated carbocycles. The van der Waals surface area contributed by atoms with Gasteiger partial charge >= 0.3 is 0 Å². The van der Waals surface area contributed by atoms with Gasteiger partial charge in [0.15, 0.2) is 0 Å². The molecule has 1 fully saturated rings. The molecule has 0 atom stereocenters. The van der Waals surface area contributed by atoms with Crippen molar-refractivity contribution in [2.45, 2.75) is 4.90 Å². The molecule has 7 heteroatoms. The van der Waals surface area contributed by atoms with Crippen LogP contribution >= 0.6 is 0 Å². The highest BCUT2D eigenvalue weighted by molar-refractivity contribution is 7.89. The summed E-state index contributed by atoms with van der Waals surface area (Å²) < 4.78 is 30.7. The van der Waals surface area contributed by atoms with E-state index < -0.39 is 10.0 Å². The lowest BCUT2D eigenvalue weighted by atomic mass is 10.2. The average molecular weight is 445 g/mol. The molecule has 6 nitrogen and oxygen atoms in total. The Hall–Kier alpha value is -3.42. The van der Waals surface area contributed by atoms with Crippen LogP contribution in [-0.2, 0) is 10.0 Å². The van der Waals surface area contributed by atoms with Crippen molar-refractivity contribution in [2.75, 3.05) is 31.1 Å². The Morgan fingerprint density at radius 2 is 1.19 bits per heavy atom. The molecule has 32 heavy (non-hydrogen) atoms. The second kappa shape index (κ2) is 8.61. The molecule has 1 saturated heterocycles. The maximum absolute atomic E-state index is 13.7. The first-order chi connectivity index (χ1) is 15.6. The van der Waals surface area contributed by atoms with Gasteiger partial charge in [-0.25, -0.2) is 13.1 Å². The van der Waals surface area contributed by atoms with Gasteiger partial charge in [-0.2, -0.15) is 9.40 Å². The standard InChI is InChI=1S/C25H24N4O2S/c30-32(31,28-18-16-27(17-19-28)22-12-6-2-7-13-22)24-20-29(23-14-8-3-9-15-23)26-25(24)21-10-4-1-5-11-21/h1-15,20H,16-19H2. The Labute approximate surface area is 188 Å². The molecule has 1 aliphatic rings. The van der Waals surface area contributed by atoms with Crippen molar-refractivity contribution in [1.82, 2.24) is 14.1 Å². The number of sulfonamides is 1. The van der Waals surface area contributed by atoms with E-state index in [9.17, 15) is 8.42 Å². The van der Waals surface area contributed by atoms with E-state index in [1.807, 2.05) is 78.9 Å². The molecule has 0 N–H and O–H groups in total. The van der Waals surface area contributed by atoms with Gasteiger partial charge in [0.25, 0.3) is 0 Å². The van der Waals surface area contributed by atoms with E-state index >= 15 is 0 Å². The molecule has 0 aliphatic carbocycles. The minimum Gasteiger partial charge on any atom is -0.369 e. The summed E-state index contributed by atoms with van der Waals surface area (Å²) in [6, 6.07) is 29.2. The summed E-state index contributed by atoms with van der Waals surface area (Å²) in [4.78, 5) is 2.46. The summed E-state index contributed by atoms with van der Waals surface area (Å²) in [6.07, 6.45) is 1.64. The first kappa shape index (κ1) is 20.5. The van der Waals surface area contributed by atoms with Gasteiger partial charge in [-0.1, -0.05) is 66.7 Å². The molecule has 162 valence electrons. The maximum Gasteiger partial charge on any atom is 0.246 e. The summed E-state index contributed by atoms with van der Waals surface area (Å²) in [5.74, 6) is 0. The quantitative estimate of drug-likeness (QED) is 0.466. The Balaban J connectivity index is 1.48. The predicted molar refractivity (Wildman–Crippen MR) is 126 cm³/mol. The fourth-order valence-electron chi connectivity index (χ4n) is 4.02. The van der Waals surface area contributed by atoms with Crippen LogP contribution in [0.3, 0.4) is 0 Å². The highest BCUT2D eigenvalue weighted by Gasteiger charge is 2.32. The van der Waals surface area contributed by atoms with Gasteiger partial charge in [0.05, 0.1) is 11.9 Å². The van der Waals surface area contributed by atoms with E-state index in [1.54, 1.807) is 15.2 Å². The van der Waals surface area contributed by atoms with Crippen LogP contribution in [0.2, 0.25) is 0 Å². The van der Waals surface area contributed by atoms with Crippen LogP contribution in [0.1, 0.15) is 0 Å². The second-order valence-corrected chi connectivity index (χ2v) is 9.62. The molecular formula is C25H24N4O2S. The number of piperazine rings is 1. The van der Waals surface area contributed by atoms with Crippen molar-refractivity contribution < 1.29 is 8.42 Å².